The number of ether oxygens (including phenoxy) is 1. The molecule has 0 aliphatic heterocycles. The van der Waals surface area contributed by atoms with E-state index in [0.717, 1.165) is 12.1 Å². The van der Waals surface area contributed by atoms with E-state index in [0.29, 0.717) is 19.0 Å². The fourth-order valence-corrected chi connectivity index (χ4v) is 1.70. The van der Waals surface area contributed by atoms with Gasteiger partial charge in [0, 0.05) is 25.5 Å². The van der Waals surface area contributed by atoms with E-state index in [-0.39, 0.29) is 11.6 Å². The first-order valence-electron chi connectivity index (χ1n) is 6.49. The highest BCUT2D eigenvalue weighted by Gasteiger charge is 2.30. The molecule has 0 saturated carbocycles. The zero-order chi connectivity index (χ0) is 16.0. The average Bonchev–Trinajstić information content (AvgIpc) is 2.47. The van der Waals surface area contributed by atoms with E-state index in [1.165, 1.54) is 18.3 Å². The lowest BCUT2D eigenvalue weighted by Gasteiger charge is -2.10. The Kier molecular flexibility index (Phi) is 5.16. The lowest BCUT2D eigenvalue weighted by atomic mass is 10.2. The van der Waals surface area contributed by atoms with Crippen molar-refractivity contribution in [2.45, 2.75) is 6.18 Å². The van der Waals surface area contributed by atoms with Crippen LogP contribution in [-0.4, -0.2) is 30.2 Å². The summed E-state index contributed by atoms with van der Waals surface area (Å²) in [5.74, 6) is 0.767. The average molecular weight is 312 g/mol. The summed E-state index contributed by atoms with van der Waals surface area (Å²) < 4.78 is 42.9. The van der Waals surface area contributed by atoms with Crippen LogP contribution < -0.4 is 10.6 Å². The second kappa shape index (κ2) is 7.08. The van der Waals surface area contributed by atoms with Gasteiger partial charge in [-0.25, -0.2) is 4.98 Å². The van der Waals surface area contributed by atoms with Gasteiger partial charge in [-0.2, -0.15) is 18.2 Å². The predicted octanol–water partition coefficient (Wildman–Crippen LogP) is 3.30. The third-order valence-corrected chi connectivity index (χ3v) is 2.71. The number of rotatable bonds is 6. The normalized spacial score (nSPS) is 11.3. The van der Waals surface area contributed by atoms with Gasteiger partial charge in [-0.15, -0.1) is 0 Å². The Balaban J connectivity index is 2.09. The fourth-order valence-electron chi connectivity index (χ4n) is 1.70. The summed E-state index contributed by atoms with van der Waals surface area (Å²) in [5.41, 5.74) is -0.462. The van der Waals surface area contributed by atoms with Crippen molar-refractivity contribution in [3.8, 4) is 0 Å². The summed E-state index contributed by atoms with van der Waals surface area (Å²) >= 11 is 0. The standard InChI is InChI=1S/C14H15F3N4O/c1-22-8-7-18-12-5-6-19-13(21-12)20-11-4-2-3-10(9-11)14(15,16)17/h2-6,9H,7-8H2,1H3,(H2,18,19,20,21). The summed E-state index contributed by atoms with van der Waals surface area (Å²) in [6.07, 6.45) is -2.87. The Bertz CT molecular complexity index is 619. The molecule has 2 aromatic rings. The van der Waals surface area contributed by atoms with Crippen LogP contribution in [0.2, 0.25) is 0 Å². The largest absolute Gasteiger partial charge is 0.416 e. The summed E-state index contributed by atoms with van der Waals surface area (Å²) in [6.45, 7) is 1.08. The minimum absolute atomic E-state index is 0.210. The minimum Gasteiger partial charge on any atom is -0.383 e. The van der Waals surface area contributed by atoms with Crippen molar-refractivity contribution in [2.24, 2.45) is 0 Å². The first-order valence-corrected chi connectivity index (χ1v) is 6.49. The zero-order valence-corrected chi connectivity index (χ0v) is 11.8. The SMILES string of the molecule is COCCNc1ccnc(Nc2cccc(C(F)(F)F)c2)n1. The van der Waals surface area contributed by atoms with E-state index in [1.54, 1.807) is 13.2 Å². The molecule has 0 saturated heterocycles. The van der Waals surface area contributed by atoms with Crippen molar-refractivity contribution in [3.63, 3.8) is 0 Å². The van der Waals surface area contributed by atoms with Crippen LogP contribution in [0.25, 0.3) is 0 Å². The number of nitrogens with zero attached hydrogens (tertiary/aromatic N) is 2. The molecule has 5 nitrogen and oxygen atoms in total. The quantitative estimate of drug-likeness (QED) is 0.802. The van der Waals surface area contributed by atoms with Gasteiger partial charge in [0.2, 0.25) is 5.95 Å². The summed E-state index contributed by atoms with van der Waals surface area (Å²) in [7, 11) is 1.59. The van der Waals surface area contributed by atoms with Gasteiger partial charge in [0.15, 0.2) is 0 Å². The van der Waals surface area contributed by atoms with Crippen LogP contribution in [0.5, 0.6) is 0 Å². The van der Waals surface area contributed by atoms with Crippen LogP contribution in [0.4, 0.5) is 30.6 Å². The number of anilines is 3. The number of nitrogens with one attached hydrogen (secondary N) is 2. The maximum atomic E-state index is 12.7. The summed E-state index contributed by atoms with van der Waals surface area (Å²) in [6, 6.07) is 6.52. The lowest BCUT2D eigenvalue weighted by Crippen LogP contribution is -2.10. The maximum absolute atomic E-state index is 12.7. The highest BCUT2D eigenvalue weighted by Crippen LogP contribution is 2.31. The molecule has 0 amide bonds. The van der Waals surface area contributed by atoms with Crippen molar-refractivity contribution >= 4 is 17.5 Å². The number of halogens is 3. The molecule has 1 aromatic heterocycles. The summed E-state index contributed by atoms with van der Waals surface area (Å²) in [5, 5.41) is 5.77. The van der Waals surface area contributed by atoms with Gasteiger partial charge >= 0.3 is 6.18 Å². The van der Waals surface area contributed by atoms with E-state index in [2.05, 4.69) is 20.6 Å². The first-order chi connectivity index (χ1) is 10.5. The number of methoxy groups -OCH3 is 1. The molecule has 2 N–H and O–H groups in total. The Morgan fingerprint density at radius 1 is 1.23 bits per heavy atom. The maximum Gasteiger partial charge on any atom is 0.416 e. The number of aromatic nitrogens is 2. The zero-order valence-electron chi connectivity index (χ0n) is 11.8. The molecule has 0 unspecified atom stereocenters. The molecular weight excluding hydrogens is 297 g/mol. The Hall–Kier alpha value is -2.35. The predicted molar refractivity (Wildman–Crippen MR) is 77.1 cm³/mol. The van der Waals surface area contributed by atoms with Gasteiger partial charge < -0.3 is 15.4 Å². The highest BCUT2D eigenvalue weighted by atomic mass is 19.4. The van der Waals surface area contributed by atoms with Crippen molar-refractivity contribution in [1.29, 1.82) is 0 Å². The molecule has 0 aliphatic carbocycles. The van der Waals surface area contributed by atoms with Crippen molar-refractivity contribution in [1.82, 2.24) is 9.97 Å². The molecule has 0 atom stereocenters. The Labute approximate surface area is 125 Å². The molecule has 2 rings (SSSR count). The van der Waals surface area contributed by atoms with Crippen LogP contribution in [0.15, 0.2) is 36.5 Å². The third-order valence-electron chi connectivity index (χ3n) is 2.71. The van der Waals surface area contributed by atoms with Gasteiger partial charge in [-0.1, -0.05) is 6.07 Å². The smallest absolute Gasteiger partial charge is 0.383 e. The minimum atomic E-state index is -4.39. The molecule has 0 aliphatic rings. The fraction of sp³-hybridized carbons (Fsp3) is 0.286. The molecule has 0 fully saturated rings. The topological polar surface area (TPSA) is 59.1 Å². The number of hydrogen-bond acceptors (Lipinski definition) is 5. The molecule has 0 spiro atoms. The molecule has 0 bridgehead atoms. The van der Waals surface area contributed by atoms with Crippen molar-refractivity contribution in [2.75, 3.05) is 30.9 Å². The monoisotopic (exact) mass is 312 g/mol. The van der Waals surface area contributed by atoms with Crippen molar-refractivity contribution < 1.29 is 17.9 Å². The molecule has 1 heterocycles. The van der Waals surface area contributed by atoms with Crippen LogP contribution in [0, 0.1) is 0 Å². The van der Waals surface area contributed by atoms with Gasteiger partial charge in [-0.3, -0.25) is 0 Å². The van der Waals surface area contributed by atoms with Crippen LogP contribution in [-0.2, 0) is 10.9 Å². The van der Waals surface area contributed by atoms with Gasteiger partial charge in [0.05, 0.1) is 12.2 Å². The van der Waals surface area contributed by atoms with E-state index in [4.69, 9.17) is 4.74 Å². The molecule has 118 valence electrons. The Morgan fingerprint density at radius 3 is 2.77 bits per heavy atom. The lowest BCUT2D eigenvalue weighted by molar-refractivity contribution is -0.137. The Morgan fingerprint density at radius 2 is 2.05 bits per heavy atom. The molecular formula is C14H15F3N4O. The first kappa shape index (κ1) is 16.0. The second-order valence-electron chi connectivity index (χ2n) is 4.39. The second-order valence-corrected chi connectivity index (χ2v) is 4.39. The number of benzene rings is 1. The van der Waals surface area contributed by atoms with Gasteiger partial charge in [0.25, 0.3) is 0 Å². The van der Waals surface area contributed by atoms with E-state index >= 15 is 0 Å². The van der Waals surface area contributed by atoms with E-state index in [1.807, 2.05) is 0 Å². The van der Waals surface area contributed by atoms with Gasteiger partial charge in [-0.05, 0) is 24.3 Å². The van der Waals surface area contributed by atoms with Crippen LogP contribution >= 0.6 is 0 Å². The third kappa shape index (κ3) is 4.59. The molecule has 1 aromatic carbocycles. The highest BCUT2D eigenvalue weighted by molar-refractivity contribution is 5.56. The van der Waals surface area contributed by atoms with E-state index in [9.17, 15) is 13.2 Å². The molecule has 8 heteroatoms. The van der Waals surface area contributed by atoms with Crippen molar-refractivity contribution in [3.05, 3.63) is 42.1 Å². The van der Waals surface area contributed by atoms with Gasteiger partial charge in [0.1, 0.15) is 5.82 Å². The summed E-state index contributed by atoms with van der Waals surface area (Å²) in [4.78, 5) is 8.14. The van der Waals surface area contributed by atoms with E-state index < -0.39 is 11.7 Å². The molecule has 22 heavy (non-hydrogen) atoms. The molecule has 0 radical (unpaired) electrons. The number of hydrogen-bond donors (Lipinski definition) is 2. The number of alkyl halides is 3. The van der Waals surface area contributed by atoms with Crippen LogP contribution in [0.1, 0.15) is 5.56 Å². The van der Waals surface area contributed by atoms with Crippen LogP contribution in [0.3, 0.4) is 0 Å².